The van der Waals surface area contributed by atoms with E-state index in [4.69, 9.17) is 21.3 Å². The highest BCUT2D eigenvalue weighted by molar-refractivity contribution is 8.00. The van der Waals surface area contributed by atoms with Crippen LogP contribution in [0, 0.1) is 0 Å². The Kier molecular flexibility index (Phi) is 6.90. The number of pyridine rings is 2. The highest BCUT2D eigenvalue weighted by Gasteiger charge is 2.48. The van der Waals surface area contributed by atoms with E-state index in [1.165, 1.54) is 23.1 Å². The van der Waals surface area contributed by atoms with Crippen LogP contribution in [0.4, 0.5) is 0 Å². The molecule has 0 aliphatic carbocycles. The molecule has 1 aliphatic rings. The van der Waals surface area contributed by atoms with Crippen LogP contribution in [0.2, 0.25) is 5.02 Å². The fraction of sp³-hybridized carbons (Fsp3) is 0.138. The molecule has 6 rings (SSSR count). The minimum Gasteiger partial charge on any atom is -0.439 e. The van der Waals surface area contributed by atoms with Gasteiger partial charge in [0.15, 0.2) is 5.78 Å². The number of Topliss-reactive ketones (excluding diaryl/α,β-unsaturated/α-hetero) is 1. The van der Waals surface area contributed by atoms with Gasteiger partial charge in [0.1, 0.15) is 17.2 Å². The smallest absolute Gasteiger partial charge is 0.219 e. The summed E-state index contributed by atoms with van der Waals surface area (Å²) in [6.45, 7) is 0. The molecular weight excluding hydrogens is 538 g/mol. The van der Waals surface area contributed by atoms with E-state index in [0.29, 0.717) is 22.3 Å². The zero-order chi connectivity index (χ0) is 26.1. The van der Waals surface area contributed by atoms with E-state index < -0.39 is 17.0 Å². The molecule has 0 radical (unpaired) electrons. The van der Waals surface area contributed by atoms with Crippen molar-refractivity contribution < 1.29 is 14.6 Å². The van der Waals surface area contributed by atoms with E-state index in [2.05, 4.69) is 10.3 Å². The van der Waals surface area contributed by atoms with E-state index in [1.54, 1.807) is 18.3 Å². The van der Waals surface area contributed by atoms with Gasteiger partial charge in [-0.25, -0.2) is 4.98 Å². The molecule has 0 bridgehead atoms. The van der Waals surface area contributed by atoms with E-state index in [0.717, 1.165) is 21.4 Å². The Morgan fingerprint density at radius 1 is 1.08 bits per heavy atom. The van der Waals surface area contributed by atoms with E-state index >= 15 is 0 Å². The number of aliphatic hydroxyl groups excluding tert-OH is 1. The largest absolute Gasteiger partial charge is 0.439 e. The summed E-state index contributed by atoms with van der Waals surface area (Å²) in [5.74, 6) is 0.919. The molecule has 3 aromatic heterocycles. The Morgan fingerprint density at radius 2 is 1.97 bits per heavy atom. The summed E-state index contributed by atoms with van der Waals surface area (Å²) in [7, 11) is 0. The van der Waals surface area contributed by atoms with Crippen LogP contribution in [-0.4, -0.2) is 32.3 Å². The van der Waals surface area contributed by atoms with Crippen molar-refractivity contribution in [1.82, 2.24) is 15.3 Å². The lowest BCUT2D eigenvalue weighted by Crippen LogP contribution is -2.60. The average Bonchev–Trinajstić information content (AvgIpc) is 3.48. The van der Waals surface area contributed by atoms with Gasteiger partial charge < -0.3 is 9.84 Å². The van der Waals surface area contributed by atoms with Gasteiger partial charge in [0.25, 0.3) is 0 Å². The summed E-state index contributed by atoms with van der Waals surface area (Å²) in [4.78, 5) is 23.5. The van der Waals surface area contributed by atoms with E-state index in [1.807, 2.05) is 77.5 Å². The fourth-order valence-electron chi connectivity index (χ4n) is 4.68. The lowest BCUT2D eigenvalue weighted by Gasteiger charge is -2.42. The Balaban J connectivity index is 1.32. The number of ether oxygens (including phenoxy) is 1. The van der Waals surface area contributed by atoms with Crippen LogP contribution in [0.15, 0.2) is 101 Å². The Morgan fingerprint density at radius 3 is 2.79 bits per heavy atom. The first-order valence-corrected chi connectivity index (χ1v) is 14.1. The SMILES string of the molecule is O=C1CC(c2ccsc2)(c2cccc(Oc3ccc4ncccc4c3)n2)NC(O)C1Sc1ccccc1Cl. The number of thiophene rings is 1. The Labute approximate surface area is 232 Å². The van der Waals surface area contributed by atoms with Crippen LogP contribution >= 0.6 is 34.7 Å². The molecule has 1 fully saturated rings. The molecule has 1 saturated heterocycles. The standard InChI is InChI=1S/C29H22ClN3O3S2/c30-21-6-1-2-7-24(21)38-27-23(34)16-29(33-28(27)35,19-12-14-37-17-19)25-8-3-9-26(32-25)36-20-10-11-22-18(15-20)5-4-13-31-22/h1-15,17,27-28,33,35H,16H2. The molecule has 38 heavy (non-hydrogen) atoms. The van der Waals surface area contributed by atoms with Crippen LogP contribution in [0.5, 0.6) is 11.6 Å². The van der Waals surface area contributed by atoms with E-state index in [9.17, 15) is 9.90 Å². The van der Waals surface area contributed by atoms with E-state index in [-0.39, 0.29) is 12.2 Å². The molecule has 3 atom stereocenters. The number of nitrogens with zero attached hydrogens (tertiary/aromatic N) is 2. The summed E-state index contributed by atoms with van der Waals surface area (Å²) in [5.41, 5.74) is 1.31. The summed E-state index contributed by atoms with van der Waals surface area (Å²) >= 11 is 9.11. The molecule has 5 aromatic rings. The van der Waals surface area contributed by atoms with Gasteiger partial charge in [-0.2, -0.15) is 11.3 Å². The number of fused-ring (bicyclic) bond motifs is 1. The van der Waals surface area contributed by atoms with Gasteiger partial charge in [0.2, 0.25) is 5.88 Å². The van der Waals surface area contributed by atoms with Crippen molar-refractivity contribution >= 4 is 51.4 Å². The molecule has 9 heteroatoms. The van der Waals surface area contributed by atoms with Crippen molar-refractivity contribution in [1.29, 1.82) is 0 Å². The van der Waals surface area contributed by atoms with Crippen molar-refractivity contribution in [2.45, 2.75) is 28.3 Å². The number of carbonyl (C=O) groups is 1. The minimum atomic E-state index is -1.13. The number of hydrogen-bond donors (Lipinski definition) is 2. The van der Waals surface area contributed by atoms with Gasteiger partial charge in [0.05, 0.1) is 21.8 Å². The second kappa shape index (κ2) is 10.5. The van der Waals surface area contributed by atoms with Gasteiger partial charge >= 0.3 is 0 Å². The number of hydrogen-bond acceptors (Lipinski definition) is 8. The number of aromatic nitrogens is 2. The number of halogens is 1. The molecular formula is C29H22ClN3O3S2. The number of thioether (sulfide) groups is 1. The lowest BCUT2D eigenvalue weighted by atomic mass is 9.79. The number of piperidine rings is 1. The van der Waals surface area contributed by atoms with Crippen LogP contribution in [0.3, 0.4) is 0 Å². The number of carbonyl (C=O) groups excluding carboxylic acids is 1. The van der Waals surface area contributed by atoms with Crippen LogP contribution in [-0.2, 0) is 10.3 Å². The summed E-state index contributed by atoms with van der Waals surface area (Å²) in [6.07, 6.45) is 0.736. The maximum absolute atomic E-state index is 13.6. The normalized spacial score (nSPS) is 21.5. The van der Waals surface area contributed by atoms with Crippen molar-refractivity contribution in [2.24, 2.45) is 0 Å². The molecule has 3 unspecified atom stereocenters. The van der Waals surface area contributed by atoms with Gasteiger partial charge in [-0.1, -0.05) is 35.9 Å². The summed E-state index contributed by atoms with van der Waals surface area (Å²) in [5, 5.41) is 19.3. The lowest BCUT2D eigenvalue weighted by molar-refractivity contribution is -0.125. The minimum absolute atomic E-state index is 0.0949. The number of benzene rings is 2. The summed E-state index contributed by atoms with van der Waals surface area (Å²) in [6, 6.07) is 24.2. The number of rotatable bonds is 6. The van der Waals surface area contributed by atoms with Crippen molar-refractivity contribution in [2.75, 3.05) is 0 Å². The Bertz CT molecular complexity index is 1610. The van der Waals surface area contributed by atoms with Crippen LogP contribution < -0.4 is 10.1 Å². The van der Waals surface area contributed by atoms with Crippen molar-refractivity contribution in [3.63, 3.8) is 0 Å². The zero-order valence-corrected chi connectivity index (χ0v) is 22.3. The topological polar surface area (TPSA) is 84.3 Å². The summed E-state index contributed by atoms with van der Waals surface area (Å²) < 4.78 is 6.12. The second-order valence-electron chi connectivity index (χ2n) is 8.94. The quantitative estimate of drug-likeness (QED) is 0.248. The maximum atomic E-state index is 13.6. The molecule has 2 aromatic carbocycles. The van der Waals surface area contributed by atoms with Crippen LogP contribution in [0.1, 0.15) is 17.7 Å². The molecule has 1 aliphatic heterocycles. The predicted molar refractivity (Wildman–Crippen MR) is 151 cm³/mol. The van der Waals surface area contributed by atoms with Crippen LogP contribution in [0.25, 0.3) is 10.9 Å². The fourth-order valence-corrected chi connectivity index (χ4v) is 6.70. The predicted octanol–water partition coefficient (Wildman–Crippen LogP) is 6.42. The molecule has 190 valence electrons. The van der Waals surface area contributed by atoms with Gasteiger partial charge in [0, 0.05) is 29.0 Å². The third kappa shape index (κ3) is 4.81. The van der Waals surface area contributed by atoms with Crippen molar-refractivity contribution in [3.8, 4) is 11.6 Å². The molecule has 2 N–H and O–H groups in total. The molecule has 4 heterocycles. The molecule has 0 amide bonds. The van der Waals surface area contributed by atoms with Gasteiger partial charge in [-0.15, -0.1) is 11.8 Å². The highest BCUT2D eigenvalue weighted by Crippen LogP contribution is 2.42. The highest BCUT2D eigenvalue weighted by atomic mass is 35.5. The number of aliphatic hydroxyl groups is 1. The molecule has 0 spiro atoms. The second-order valence-corrected chi connectivity index (χ2v) is 11.3. The number of nitrogens with one attached hydrogen (secondary N) is 1. The average molecular weight is 560 g/mol. The third-order valence-corrected chi connectivity index (χ3v) is 9.01. The van der Waals surface area contributed by atoms with Crippen molar-refractivity contribution in [3.05, 3.63) is 112 Å². The monoisotopic (exact) mass is 559 g/mol. The third-order valence-electron chi connectivity index (χ3n) is 6.50. The molecule has 0 saturated carbocycles. The zero-order valence-electron chi connectivity index (χ0n) is 20.0. The van der Waals surface area contributed by atoms with Gasteiger partial charge in [-0.05, 0) is 64.9 Å². The maximum Gasteiger partial charge on any atom is 0.219 e. The Hall–Kier alpha value is -3.27. The first kappa shape index (κ1) is 25.0. The first-order valence-electron chi connectivity index (χ1n) is 11.9. The first-order chi connectivity index (χ1) is 18.5. The molecule has 6 nitrogen and oxygen atoms in total. The van der Waals surface area contributed by atoms with Gasteiger partial charge in [-0.3, -0.25) is 15.1 Å². The number of ketones is 1.